The first kappa shape index (κ1) is 19.4. The number of carbonyl (C=O) groups excluding carboxylic acids is 2. The third-order valence-corrected chi connectivity index (χ3v) is 5.75. The Morgan fingerprint density at radius 2 is 1.85 bits per heavy atom. The lowest BCUT2D eigenvalue weighted by Crippen LogP contribution is -2.52. The summed E-state index contributed by atoms with van der Waals surface area (Å²) in [5.74, 6) is -1.76. The van der Waals surface area contributed by atoms with E-state index < -0.39 is 17.9 Å². The number of carboxylic acid groups (broad SMARTS) is 1. The topological polar surface area (TPSA) is 77.9 Å². The molecule has 2 aliphatic heterocycles. The van der Waals surface area contributed by atoms with Crippen LogP contribution in [0.15, 0.2) is 30.3 Å². The monoisotopic (exact) mass is 372 g/mol. The summed E-state index contributed by atoms with van der Waals surface area (Å²) in [7, 11) is 0. The van der Waals surface area contributed by atoms with Gasteiger partial charge in [-0.2, -0.15) is 0 Å². The molecule has 146 valence electrons. The number of amides is 2. The molecule has 2 aliphatic rings. The van der Waals surface area contributed by atoms with Gasteiger partial charge in [0, 0.05) is 32.0 Å². The van der Waals surface area contributed by atoms with Gasteiger partial charge in [-0.15, -0.1) is 0 Å². The maximum Gasteiger partial charge on any atom is 0.308 e. The summed E-state index contributed by atoms with van der Waals surface area (Å²) < 4.78 is 0. The average Bonchev–Trinajstić information content (AvgIpc) is 3.14. The predicted octanol–water partition coefficient (Wildman–Crippen LogP) is 2.49. The number of hydrogen-bond acceptors (Lipinski definition) is 3. The first-order chi connectivity index (χ1) is 13.0. The highest BCUT2D eigenvalue weighted by molar-refractivity contribution is 5.89. The minimum atomic E-state index is -0.873. The number of carbonyl (C=O) groups is 3. The fraction of sp³-hybridized carbons (Fsp3) is 0.571. The molecule has 1 unspecified atom stereocenters. The summed E-state index contributed by atoms with van der Waals surface area (Å²) in [4.78, 5) is 40.8. The Bertz CT molecular complexity index is 691. The summed E-state index contributed by atoms with van der Waals surface area (Å²) in [6.07, 6.45) is 3.72. The molecule has 3 rings (SSSR count). The minimum Gasteiger partial charge on any atom is -0.481 e. The Labute approximate surface area is 160 Å². The fourth-order valence-corrected chi connectivity index (χ4v) is 4.33. The average molecular weight is 372 g/mol. The van der Waals surface area contributed by atoms with Crippen LogP contribution < -0.4 is 0 Å². The van der Waals surface area contributed by atoms with E-state index in [1.165, 1.54) is 0 Å². The molecule has 0 saturated carbocycles. The van der Waals surface area contributed by atoms with Crippen molar-refractivity contribution in [1.29, 1.82) is 0 Å². The third-order valence-electron chi connectivity index (χ3n) is 5.75. The van der Waals surface area contributed by atoms with Crippen LogP contribution in [0.1, 0.15) is 50.5 Å². The van der Waals surface area contributed by atoms with E-state index in [1.807, 2.05) is 37.3 Å². The smallest absolute Gasteiger partial charge is 0.308 e. The third kappa shape index (κ3) is 4.15. The van der Waals surface area contributed by atoms with Crippen LogP contribution in [-0.4, -0.2) is 58.4 Å². The fourth-order valence-electron chi connectivity index (χ4n) is 4.33. The standard InChI is InChI=1S/C21H28N2O4/c1-2-8-19(24)23-12-7-6-11-18(23)20(25)22-13-16(17(14-22)21(26)27)15-9-4-3-5-10-15/h3-5,9-10,16-18H,2,6-8,11-14H2,1H3,(H,26,27)/t16-,17-,18?/m0/s1. The molecule has 0 spiro atoms. The first-order valence-electron chi connectivity index (χ1n) is 9.89. The molecule has 0 aliphatic carbocycles. The van der Waals surface area contributed by atoms with Gasteiger partial charge in [0.25, 0.3) is 0 Å². The number of hydrogen-bond donors (Lipinski definition) is 1. The summed E-state index contributed by atoms with van der Waals surface area (Å²) >= 11 is 0. The van der Waals surface area contributed by atoms with Crippen LogP contribution in [0, 0.1) is 5.92 Å². The second kappa shape index (κ2) is 8.55. The van der Waals surface area contributed by atoms with Crippen molar-refractivity contribution in [2.45, 2.75) is 51.0 Å². The van der Waals surface area contributed by atoms with E-state index in [2.05, 4.69) is 0 Å². The van der Waals surface area contributed by atoms with Gasteiger partial charge in [0.2, 0.25) is 11.8 Å². The second-order valence-electron chi connectivity index (χ2n) is 7.55. The van der Waals surface area contributed by atoms with E-state index in [0.717, 1.165) is 24.8 Å². The Morgan fingerprint density at radius 1 is 1.11 bits per heavy atom. The van der Waals surface area contributed by atoms with Gasteiger partial charge in [0.1, 0.15) is 6.04 Å². The zero-order valence-electron chi connectivity index (χ0n) is 15.8. The maximum atomic E-state index is 13.2. The van der Waals surface area contributed by atoms with Crippen LogP contribution in [0.25, 0.3) is 0 Å². The van der Waals surface area contributed by atoms with Crippen molar-refractivity contribution < 1.29 is 19.5 Å². The number of aliphatic carboxylic acids is 1. The molecule has 6 nitrogen and oxygen atoms in total. The molecule has 1 aromatic carbocycles. The largest absolute Gasteiger partial charge is 0.481 e. The molecule has 1 aromatic rings. The van der Waals surface area contributed by atoms with Crippen LogP contribution in [0.3, 0.4) is 0 Å². The van der Waals surface area contributed by atoms with Crippen molar-refractivity contribution in [3.63, 3.8) is 0 Å². The minimum absolute atomic E-state index is 0.0316. The van der Waals surface area contributed by atoms with Crippen molar-refractivity contribution in [2.24, 2.45) is 5.92 Å². The predicted molar refractivity (Wildman–Crippen MR) is 101 cm³/mol. The molecule has 0 aromatic heterocycles. The van der Waals surface area contributed by atoms with Gasteiger partial charge in [0.15, 0.2) is 0 Å². The van der Waals surface area contributed by atoms with Gasteiger partial charge >= 0.3 is 5.97 Å². The zero-order valence-corrected chi connectivity index (χ0v) is 15.8. The number of nitrogens with zero attached hydrogens (tertiary/aromatic N) is 2. The van der Waals surface area contributed by atoms with Crippen LogP contribution in [0.5, 0.6) is 0 Å². The molecule has 2 fully saturated rings. The van der Waals surface area contributed by atoms with Crippen molar-refractivity contribution in [3.05, 3.63) is 35.9 Å². The molecule has 6 heteroatoms. The zero-order chi connectivity index (χ0) is 19.4. The van der Waals surface area contributed by atoms with Crippen molar-refractivity contribution >= 4 is 17.8 Å². The highest BCUT2D eigenvalue weighted by Gasteiger charge is 2.43. The molecule has 27 heavy (non-hydrogen) atoms. The Morgan fingerprint density at radius 3 is 2.52 bits per heavy atom. The Kier molecular flexibility index (Phi) is 6.14. The number of rotatable bonds is 5. The number of piperidine rings is 1. The summed E-state index contributed by atoms with van der Waals surface area (Å²) in [5.41, 5.74) is 0.947. The van der Waals surface area contributed by atoms with E-state index >= 15 is 0 Å². The summed E-state index contributed by atoms with van der Waals surface area (Å²) in [5, 5.41) is 9.66. The Balaban J connectivity index is 1.77. The Hall–Kier alpha value is -2.37. The van der Waals surface area contributed by atoms with Crippen LogP contribution in [0.4, 0.5) is 0 Å². The SMILES string of the molecule is CCCC(=O)N1CCCCC1C(=O)N1C[C@H](C(=O)O)[C@H](c2ccccc2)C1. The van der Waals surface area contributed by atoms with E-state index in [0.29, 0.717) is 25.9 Å². The number of carboxylic acids is 1. The normalized spacial score (nSPS) is 25.4. The molecule has 0 radical (unpaired) electrons. The molecule has 3 atom stereocenters. The van der Waals surface area contributed by atoms with E-state index in [-0.39, 0.29) is 24.3 Å². The van der Waals surface area contributed by atoms with Gasteiger partial charge in [-0.25, -0.2) is 0 Å². The van der Waals surface area contributed by atoms with Crippen molar-refractivity contribution in [1.82, 2.24) is 9.80 Å². The lowest BCUT2D eigenvalue weighted by atomic mass is 9.89. The van der Waals surface area contributed by atoms with Crippen molar-refractivity contribution in [2.75, 3.05) is 19.6 Å². The molecular weight excluding hydrogens is 344 g/mol. The van der Waals surface area contributed by atoms with E-state index in [9.17, 15) is 19.5 Å². The van der Waals surface area contributed by atoms with Crippen molar-refractivity contribution in [3.8, 4) is 0 Å². The quantitative estimate of drug-likeness (QED) is 0.861. The van der Waals surface area contributed by atoms with Gasteiger partial charge < -0.3 is 14.9 Å². The van der Waals surface area contributed by atoms with Crippen LogP contribution >= 0.6 is 0 Å². The molecule has 1 N–H and O–H groups in total. The van der Waals surface area contributed by atoms with Gasteiger partial charge in [-0.1, -0.05) is 37.3 Å². The van der Waals surface area contributed by atoms with E-state index in [1.54, 1.807) is 9.80 Å². The van der Waals surface area contributed by atoms with Gasteiger partial charge in [-0.05, 0) is 31.2 Å². The summed E-state index contributed by atoms with van der Waals surface area (Å²) in [6.45, 7) is 3.18. The lowest BCUT2D eigenvalue weighted by molar-refractivity contribution is -0.148. The molecular formula is C21H28N2O4. The lowest BCUT2D eigenvalue weighted by Gasteiger charge is -2.37. The first-order valence-corrected chi connectivity index (χ1v) is 9.89. The molecule has 2 heterocycles. The second-order valence-corrected chi connectivity index (χ2v) is 7.55. The molecule has 2 amide bonds. The molecule has 2 saturated heterocycles. The number of likely N-dealkylation sites (tertiary alicyclic amines) is 2. The van der Waals surface area contributed by atoms with Gasteiger partial charge in [0.05, 0.1) is 5.92 Å². The van der Waals surface area contributed by atoms with E-state index in [4.69, 9.17) is 0 Å². The van der Waals surface area contributed by atoms with Crippen LogP contribution in [-0.2, 0) is 14.4 Å². The highest BCUT2D eigenvalue weighted by atomic mass is 16.4. The summed E-state index contributed by atoms with van der Waals surface area (Å²) in [6, 6.07) is 9.09. The van der Waals surface area contributed by atoms with Crippen LogP contribution in [0.2, 0.25) is 0 Å². The highest BCUT2D eigenvalue weighted by Crippen LogP contribution is 2.34. The maximum absolute atomic E-state index is 13.2. The molecule has 0 bridgehead atoms. The number of benzene rings is 1. The van der Waals surface area contributed by atoms with Gasteiger partial charge in [-0.3, -0.25) is 14.4 Å².